The van der Waals surface area contributed by atoms with Crippen LogP contribution in [0.5, 0.6) is 0 Å². The Morgan fingerprint density at radius 3 is 1.97 bits per heavy atom. The van der Waals surface area contributed by atoms with Crippen LogP contribution in [0.15, 0.2) is 36.4 Å². The van der Waals surface area contributed by atoms with E-state index in [1.807, 2.05) is 0 Å². The van der Waals surface area contributed by atoms with E-state index in [1.54, 1.807) is 12.1 Å². The average molecular weight is 485 g/mol. The summed E-state index contributed by atoms with van der Waals surface area (Å²) in [5.41, 5.74) is 3.21. The Kier molecular flexibility index (Phi) is 9.74. The van der Waals surface area contributed by atoms with Gasteiger partial charge in [-0.05, 0) is 67.1 Å². The molecule has 1 heterocycles. The zero-order valence-corrected chi connectivity index (χ0v) is 21.5. The minimum absolute atomic E-state index is 0.103. The van der Waals surface area contributed by atoms with Gasteiger partial charge in [0.2, 0.25) is 0 Å². The van der Waals surface area contributed by atoms with E-state index >= 15 is 0 Å². The maximum absolute atomic E-state index is 14.7. The van der Waals surface area contributed by atoms with Crippen LogP contribution in [0.4, 0.5) is 8.78 Å². The van der Waals surface area contributed by atoms with Crippen LogP contribution in [0, 0.1) is 17.6 Å². The molecule has 4 heteroatoms. The smallest absolute Gasteiger partial charge is 0.186 e. The van der Waals surface area contributed by atoms with E-state index in [1.165, 1.54) is 56.1 Å². The summed E-state index contributed by atoms with van der Waals surface area (Å²) in [4.78, 5) is 0. The van der Waals surface area contributed by atoms with Gasteiger partial charge in [-0.3, -0.25) is 0 Å². The van der Waals surface area contributed by atoms with Crippen LogP contribution < -0.4 is 0 Å². The van der Waals surface area contributed by atoms with E-state index in [0.29, 0.717) is 31.1 Å². The highest BCUT2D eigenvalue weighted by Gasteiger charge is 2.29. The molecule has 0 aromatic heterocycles. The molecule has 1 saturated carbocycles. The zero-order chi connectivity index (χ0) is 24.6. The van der Waals surface area contributed by atoms with Crippen LogP contribution in [0.1, 0.15) is 118 Å². The largest absolute Gasteiger partial charge is 0.348 e. The third-order valence-corrected chi connectivity index (χ3v) is 8.09. The lowest BCUT2D eigenvalue weighted by molar-refractivity contribution is -0.193. The molecule has 0 unspecified atom stereocenters. The van der Waals surface area contributed by atoms with Crippen LogP contribution in [0.3, 0.4) is 0 Å². The maximum atomic E-state index is 14.7. The zero-order valence-electron chi connectivity index (χ0n) is 21.5. The Hall–Kier alpha value is -1.78. The highest BCUT2D eigenvalue weighted by atomic mass is 19.2. The summed E-state index contributed by atoms with van der Waals surface area (Å²) < 4.78 is 41.0. The van der Waals surface area contributed by atoms with Crippen molar-refractivity contribution in [2.75, 3.05) is 13.2 Å². The normalized spacial score (nSPS) is 25.0. The Morgan fingerprint density at radius 2 is 1.34 bits per heavy atom. The molecule has 0 radical (unpaired) electrons. The van der Waals surface area contributed by atoms with Gasteiger partial charge in [-0.1, -0.05) is 82.3 Å². The second-order valence-electron chi connectivity index (χ2n) is 10.6. The molecular weight excluding hydrogens is 442 g/mol. The third-order valence-electron chi connectivity index (χ3n) is 8.09. The van der Waals surface area contributed by atoms with Gasteiger partial charge < -0.3 is 9.47 Å². The minimum Gasteiger partial charge on any atom is -0.348 e. The van der Waals surface area contributed by atoms with Crippen LogP contribution in [-0.2, 0) is 15.9 Å². The van der Waals surface area contributed by atoms with E-state index < -0.39 is 17.9 Å². The standard InChI is InChI=1S/C31H42F2O2/c1-3-5-7-9-26-18-19-28(30(33)29(26)32)31-34-20-27(21-35-31)25-16-14-24(15-17-25)23-12-10-22(11-13-23)8-6-4-2/h14-19,22-23,27,31H,3-13,20-21H2,1-2H3. The van der Waals surface area contributed by atoms with E-state index in [-0.39, 0.29) is 11.5 Å². The summed E-state index contributed by atoms with van der Waals surface area (Å²) in [5, 5.41) is 0. The first-order valence-corrected chi connectivity index (χ1v) is 13.9. The number of halogens is 2. The molecule has 1 aliphatic heterocycles. The van der Waals surface area contributed by atoms with Crippen LogP contribution in [0.25, 0.3) is 0 Å². The fourth-order valence-electron chi connectivity index (χ4n) is 5.74. The van der Waals surface area contributed by atoms with E-state index in [4.69, 9.17) is 9.47 Å². The van der Waals surface area contributed by atoms with Crippen molar-refractivity contribution >= 4 is 0 Å². The summed E-state index contributed by atoms with van der Waals surface area (Å²) in [6, 6.07) is 12.2. The molecule has 192 valence electrons. The average Bonchev–Trinajstić information content (AvgIpc) is 2.91. The van der Waals surface area contributed by atoms with Crippen molar-refractivity contribution in [3.05, 3.63) is 70.3 Å². The molecule has 35 heavy (non-hydrogen) atoms. The van der Waals surface area contributed by atoms with Gasteiger partial charge in [0.05, 0.1) is 13.2 Å². The third kappa shape index (κ3) is 6.71. The summed E-state index contributed by atoms with van der Waals surface area (Å²) in [6.07, 6.45) is 12.0. The van der Waals surface area contributed by atoms with Crippen molar-refractivity contribution in [3.8, 4) is 0 Å². The first kappa shape index (κ1) is 26.3. The van der Waals surface area contributed by atoms with E-state index in [9.17, 15) is 8.78 Å². The van der Waals surface area contributed by atoms with Gasteiger partial charge in [0.15, 0.2) is 17.9 Å². The van der Waals surface area contributed by atoms with Crippen molar-refractivity contribution in [2.45, 2.75) is 103 Å². The highest BCUT2D eigenvalue weighted by Crippen LogP contribution is 2.38. The number of hydrogen-bond donors (Lipinski definition) is 0. The molecule has 2 fully saturated rings. The molecule has 0 N–H and O–H groups in total. The summed E-state index contributed by atoms with van der Waals surface area (Å²) >= 11 is 0. The SMILES string of the molecule is CCCCCc1ccc(C2OCC(c3ccc(C4CCC(CCCC)CC4)cc3)CO2)c(F)c1F. The molecule has 2 nitrogen and oxygen atoms in total. The quantitative estimate of drug-likeness (QED) is 0.313. The van der Waals surface area contributed by atoms with Crippen molar-refractivity contribution in [1.29, 1.82) is 0 Å². The molecule has 0 spiro atoms. The number of hydrogen-bond acceptors (Lipinski definition) is 2. The minimum atomic E-state index is -0.854. The number of unbranched alkanes of at least 4 members (excludes halogenated alkanes) is 3. The van der Waals surface area contributed by atoms with Crippen LogP contribution in [0.2, 0.25) is 0 Å². The lowest BCUT2D eigenvalue weighted by Crippen LogP contribution is -2.26. The van der Waals surface area contributed by atoms with Gasteiger partial charge in [0, 0.05) is 11.5 Å². The second-order valence-corrected chi connectivity index (χ2v) is 10.6. The molecule has 4 rings (SSSR count). The van der Waals surface area contributed by atoms with Gasteiger partial charge in [0.25, 0.3) is 0 Å². The monoisotopic (exact) mass is 484 g/mol. The highest BCUT2D eigenvalue weighted by molar-refractivity contribution is 5.30. The predicted molar refractivity (Wildman–Crippen MR) is 138 cm³/mol. The van der Waals surface area contributed by atoms with Crippen molar-refractivity contribution < 1.29 is 18.3 Å². The fraction of sp³-hybridized carbons (Fsp3) is 0.613. The summed E-state index contributed by atoms with van der Waals surface area (Å²) in [6.45, 7) is 5.25. The summed E-state index contributed by atoms with van der Waals surface area (Å²) in [5.74, 6) is 0.101. The van der Waals surface area contributed by atoms with Crippen LogP contribution >= 0.6 is 0 Å². The molecule has 1 saturated heterocycles. The number of benzene rings is 2. The Morgan fingerprint density at radius 1 is 0.714 bits per heavy atom. The first-order chi connectivity index (χ1) is 17.1. The molecule has 1 aliphatic carbocycles. The lowest BCUT2D eigenvalue weighted by atomic mass is 9.77. The number of aryl methyl sites for hydroxylation is 1. The maximum Gasteiger partial charge on any atom is 0.186 e. The summed E-state index contributed by atoms with van der Waals surface area (Å²) in [7, 11) is 0. The van der Waals surface area contributed by atoms with E-state index in [2.05, 4.69) is 38.1 Å². The number of rotatable bonds is 10. The van der Waals surface area contributed by atoms with Crippen molar-refractivity contribution in [1.82, 2.24) is 0 Å². The van der Waals surface area contributed by atoms with Gasteiger partial charge in [-0.2, -0.15) is 0 Å². The van der Waals surface area contributed by atoms with Crippen molar-refractivity contribution in [3.63, 3.8) is 0 Å². The number of ether oxygens (including phenoxy) is 2. The molecule has 0 atom stereocenters. The Bertz CT molecular complexity index is 910. The van der Waals surface area contributed by atoms with Gasteiger partial charge >= 0.3 is 0 Å². The predicted octanol–water partition coefficient (Wildman–Crippen LogP) is 8.99. The van der Waals surface area contributed by atoms with Crippen molar-refractivity contribution in [2.24, 2.45) is 5.92 Å². The molecular formula is C31H42F2O2. The van der Waals surface area contributed by atoms with Gasteiger partial charge in [-0.15, -0.1) is 0 Å². The lowest BCUT2D eigenvalue weighted by Gasteiger charge is -2.31. The fourth-order valence-corrected chi connectivity index (χ4v) is 5.74. The molecule has 0 bridgehead atoms. The Balaban J connectivity index is 1.29. The van der Waals surface area contributed by atoms with Gasteiger partial charge in [-0.25, -0.2) is 8.78 Å². The molecule has 0 amide bonds. The molecule has 2 aromatic carbocycles. The second kappa shape index (κ2) is 13.0. The molecule has 2 aromatic rings. The Labute approximate surface area is 210 Å². The molecule has 2 aliphatic rings. The first-order valence-electron chi connectivity index (χ1n) is 13.9. The van der Waals surface area contributed by atoms with E-state index in [0.717, 1.165) is 25.2 Å². The topological polar surface area (TPSA) is 18.5 Å². The van der Waals surface area contributed by atoms with Crippen LogP contribution in [-0.4, -0.2) is 13.2 Å². The van der Waals surface area contributed by atoms with Gasteiger partial charge in [0.1, 0.15) is 0 Å².